The van der Waals surface area contributed by atoms with Gasteiger partial charge in [0.2, 0.25) is 17.6 Å². The van der Waals surface area contributed by atoms with Gasteiger partial charge in [0.1, 0.15) is 0 Å². The van der Waals surface area contributed by atoms with Crippen molar-refractivity contribution in [2.75, 3.05) is 5.32 Å². The molecule has 9 heteroatoms. The molecule has 0 radical (unpaired) electrons. The molecular weight excluding hydrogens is 346 g/mol. The van der Waals surface area contributed by atoms with Crippen LogP contribution in [0.15, 0.2) is 28.7 Å². The predicted molar refractivity (Wildman–Crippen MR) is 73.0 cm³/mol. The van der Waals surface area contributed by atoms with Crippen molar-refractivity contribution in [3.63, 3.8) is 0 Å². The highest BCUT2D eigenvalue weighted by atomic mass is 79.9. The van der Waals surface area contributed by atoms with Crippen LogP contribution in [-0.2, 0) is 19.2 Å². The Morgan fingerprint density at radius 1 is 1.00 bits per heavy atom. The third-order valence-electron chi connectivity index (χ3n) is 2.59. The summed E-state index contributed by atoms with van der Waals surface area (Å²) in [5.41, 5.74) is 0.323. The quantitative estimate of drug-likeness (QED) is 0.519. The summed E-state index contributed by atoms with van der Waals surface area (Å²) in [6.07, 6.45) is 0. The number of Topliss-reactive ketones (excluding diaryl/α,β-unsaturated/α-hetero) is 1. The number of urea groups is 1. The third kappa shape index (κ3) is 3.31. The zero-order valence-electron chi connectivity index (χ0n) is 10.3. The van der Waals surface area contributed by atoms with Gasteiger partial charge in [-0.15, -0.1) is 0 Å². The molecule has 8 nitrogen and oxygen atoms in total. The number of halogens is 1. The van der Waals surface area contributed by atoms with E-state index in [1.807, 2.05) is 0 Å². The molecule has 108 valence electrons. The molecule has 0 saturated carbocycles. The van der Waals surface area contributed by atoms with Gasteiger partial charge in [-0.25, -0.2) is 4.79 Å². The molecule has 1 heterocycles. The number of rotatable bonds is 3. The molecule has 0 bridgehead atoms. The highest BCUT2D eigenvalue weighted by molar-refractivity contribution is 9.10. The number of anilines is 1. The number of imide groups is 2. The van der Waals surface area contributed by atoms with Gasteiger partial charge in [-0.3, -0.25) is 29.8 Å². The fourth-order valence-corrected chi connectivity index (χ4v) is 1.88. The number of carbonyl (C=O) groups excluding carboxylic acids is 5. The van der Waals surface area contributed by atoms with E-state index in [1.165, 1.54) is 12.1 Å². The van der Waals surface area contributed by atoms with Crippen molar-refractivity contribution >= 4 is 51.2 Å². The molecule has 1 saturated heterocycles. The highest BCUT2D eigenvalue weighted by Gasteiger charge is 2.42. The first-order valence-corrected chi connectivity index (χ1v) is 6.44. The number of benzene rings is 1. The van der Waals surface area contributed by atoms with E-state index < -0.39 is 35.5 Å². The summed E-state index contributed by atoms with van der Waals surface area (Å²) in [5.74, 6) is -6.50. The maximum absolute atomic E-state index is 11.8. The van der Waals surface area contributed by atoms with Gasteiger partial charge in [-0.1, -0.05) is 15.9 Å². The number of carbonyl (C=O) groups is 5. The Hall–Kier alpha value is -2.55. The number of hydrogen-bond donors (Lipinski definition) is 3. The van der Waals surface area contributed by atoms with E-state index in [0.29, 0.717) is 5.69 Å². The van der Waals surface area contributed by atoms with Crippen LogP contribution in [0.3, 0.4) is 0 Å². The third-order valence-corrected chi connectivity index (χ3v) is 3.11. The minimum Gasteiger partial charge on any atom is -0.319 e. The van der Waals surface area contributed by atoms with Crippen molar-refractivity contribution in [3.8, 4) is 0 Å². The Labute approximate surface area is 126 Å². The number of hydrogen-bond acceptors (Lipinski definition) is 5. The normalized spacial score (nSPS) is 15.2. The number of nitrogens with one attached hydrogen (secondary N) is 3. The highest BCUT2D eigenvalue weighted by Crippen LogP contribution is 2.14. The van der Waals surface area contributed by atoms with Gasteiger partial charge >= 0.3 is 6.03 Å². The fourth-order valence-electron chi connectivity index (χ4n) is 1.61. The van der Waals surface area contributed by atoms with Crippen molar-refractivity contribution in [3.05, 3.63) is 28.7 Å². The first-order chi connectivity index (χ1) is 9.88. The molecule has 1 aliphatic heterocycles. The fraction of sp³-hybridized carbons (Fsp3) is 0.0833. The number of amides is 5. The van der Waals surface area contributed by atoms with Crippen LogP contribution in [0.5, 0.6) is 0 Å². The zero-order chi connectivity index (χ0) is 15.6. The summed E-state index contributed by atoms with van der Waals surface area (Å²) < 4.78 is 0.774. The summed E-state index contributed by atoms with van der Waals surface area (Å²) in [6.45, 7) is 0. The van der Waals surface area contributed by atoms with Gasteiger partial charge in [-0.05, 0) is 24.3 Å². The van der Waals surface area contributed by atoms with E-state index in [-0.39, 0.29) is 0 Å². The Bertz CT molecular complexity index is 635. The van der Waals surface area contributed by atoms with E-state index in [9.17, 15) is 24.0 Å². The van der Waals surface area contributed by atoms with Crippen LogP contribution in [0.25, 0.3) is 0 Å². The summed E-state index contributed by atoms with van der Waals surface area (Å²) in [4.78, 5) is 57.4. The minimum absolute atomic E-state index is 0.323. The van der Waals surface area contributed by atoms with Gasteiger partial charge in [0.25, 0.3) is 5.91 Å². The molecule has 3 N–H and O–H groups in total. The van der Waals surface area contributed by atoms with E-state index in [2.05, 4.69) is 21.2 Å². The topological polar surface area (TPSA) is 121 Å². The molecule has 0 aliphatic carbocycles. The van der Waals surface area contributed by atoms with Gasteiger partial charge in [0.05, 0.1) is 0 Å². The number of ketones is 1. The molecule has 1 aromatic carbocycles. The average molecular weight is 354 g/mol. The lowest BCUT2D eigenvalue weighted by atomic mass is 10.00. The van der Waals surface area contributed by atoms with Crippen LogP contribution in [0.1, 0.15) is 0 Å². The SMILES string of the molecule is O=C1NC(=O)C(C(=O)C(=O)Nc2ccc(Br)cc2)C(=O)N1. The standard InChI is InChI=1S/C12H8BrN3O5/c13-5-1-3-6(4-2-5)14-11(20)8(17)7-9(18)15-12(21)16-10(7)19/h1-4,7H,(H,14,20)(H2,15,16,18,19,21). The molecule has 0 atom stereocenters. The zero-order valence-corrected chi connectivity index (χ0v) is 11.9. The average Bonchev–Trinajstić information content (AvgIpc) is 2.40. The largest absolute Gasteiger partial charge is 0.328 e. The molecule has 1 aromatic rings. The van der Waals surface area contributed by atoms with E-state index in [0.717, 1.165) is 4.47 Å². The van der Waals surface area contributed by atoms with E-state index in [4.69, 9.17) is 0 Å². The van der Waals surface area contributed by atoms with Crippen molar-refractivity contribution < 1.29 is 24.0 Å². The van der Waals surface area contributed by atoms with Crippen LogP contribution >= 0.6 is 15.9 Å². The maximum atomic E-state index is 11.8. The molecule has 1 aliphatic rings. The van der Waals surface area contributed by atoms with Gasteiger partial charge in [0, 0.05) is 10.2 Å². The van der Waals surface area contributed by atoms with Crippen molar-refractivity contribution in [1.82, 2.24) is 10.6 Å². The molecular formula is C12H8BrN3O5. The van der Waals surface area contributed by atoms with Gasteiger partial charge in [-0.2, -0.15) is 0 Å². The first-order valence-electron chi connectivity index (χ1n) is 5.65. The number of barbiturate groups is 1. The predicted octanol–water partition coefficient (Wildman–Crippen LogP) is -0.0611. The smallest absolute Gasteiger partial charge is 0.319 e. The van der Waals surface area contributed by atoms with Crippen molar-refractivity contribution in [1.29, 1.82) is 0 Å². The Morgan fingerprint density at radius 2 is 1.52 bits per heavy atom. The molecule has 0 aromatic heterocycles. The monoisotopic (exact) mass is 353 g/mol. The van der Waals surface area contributed by atoms with Gasteiger partial charge in [0.15, 0.2) is 5.92 Å². The first kappa shape index (κ1) is 14.9. The van der Waals surface area contributed by atoms with Crippen LogP contribution < -0.4 is 16.0 Å². The van der Waals surface area contributed by atoms with Crippen LogP contribution in [0, 0.1) is 5.92 Å². The van der Waals surface area contributed by atoms with Crippen molar-refractivity contribution in [2.45, 2.75) is 0 Å². The van der Waals surface area contributed by atoms with Crippen LogP contribution in [0.4, 0.5) is 10.5 Å². The molecule has 0 unspecified atom stereocenters. The van der Waals surface area contributed by atoms with Crippen LogP contribution in [-0.4, -0.2) is 29.5 Å². The second-order valence-electron chi connectivity index (χ2n) is 4.07. The lowest BCUT2D eigenvalue weighted by molar-refractivity contribution is -0.147. The van der Waals surface area contributed by atoms with Crippen molar-refractivity contribution in [2.24, 2.45) is 5.92 Å². The summed E-state index contributed by atoms with van der Waals surface area (Å²) in [7, 11) is 0. The summed E-state index contributed by atoms with van der Waals surface area (Å²) in [5, 5.41) is 5.76. The summed E-state index contributed by atoms with van der Waals surface area (Å²) in [6, 6.07) is 5.30. The van der Waals surface area contributed by atoms with Crippen LogP contribution in [0.2, 0.25) is 0 Å². The lowest BCUT2D eigenvalue weighted by Crippen LogP contribution is -2.59. The van der Waals surface area contributed by atoms with E-state index in [1.54, 1.807) is 22.8 Å². The lowest BCUT2D eigenvalue weighted by Gasteiger charge is -2.18. The Kier molecular flexibility index (Phi) is 4.13. The Balaban J connectivity index is 2.10. The second-order valence-corrected chi connectivity index (χ2v) is 4.98. The molecule has 0 spiro atoms. The maximum Gasteiger partial charge on any atom is 0.328 e. The molecule has 1 fully saturated rings. The summed E-state index contributed by atoms with van der Waals surface area (Å²) >= 11 is 3.21. The molecule has 5 amide bonds. The van der Waals surface area contributed by atoms with Gasteiger partial charge < -0.3 is 5.32 Å². The molecule has 2 rings (SSSR count). The Morgan fingerprint density at radius 3 is 2.05 bits per heavy atom. The van der Waals surface area contributed by atoms with E-state index >= 15 is 0 Å². The second kappa shape index (κ2) is 5.83. The molecule has 21 heavy (non-hydrogen) atoms. The minimum atomic E-state index is -1.88.